The highest BCUT2D eigenvalue weighted by Gasteiger charge is 2.34. The van der Waals surface area contributed by atoms with Crippen LogP contribution in [0.5, 0.6) is 5.88 Å². The first kappa shape index (κ1) is 8.52. The fourth-order valence-corrected chi connectivity index (χ4v) is 1.83. The summed E-state index contributed by atoms with van der Waals surface area (Å²) in [5, 5.41) is 6.25. The van der Waals surface area contributed by atoms with Crippen LogP contribution in [-0.4, -0.2) is 34.5 Å². The Labute approximate surface area is 104 Å². The molecule has 1 N–H and O–H groups in total. The van der Waals surface area contributed by atoms with Crippen LogP contribution >= 0.6 is 0 Å². The van der Waals surface area contributed by atoms with E-state index in [1.165, 1.54) is 6.20 Å². The summed E-state index contributed by atoms with van der Waals surface area (Å²) in [5.41, 5.74) is -0.0592. The molecule has 0 spiro atoms. The van der Waals surface area contributed by atoms with E-state index in [4.69, 9.17) is 13.6 Å². The molecule has 1 unspecified atom stereocenters. The molecule has 17 heavy (non-hydrogen) atoms. The molecule has 0 aromatic carbocycles. The Bertz CT molecular complexity index is 499. The summed E-state index contributed by atoms with van der Waals surface area (Å²) < 4.78 is 33.9. The van der Waals surface area contributed by atoms with Crippen molar-refractivity contribution in [2.24, 2.45) is 6.98 Å². The van der Waals surface area contributed by atoms with Crippen LogP contribution in [0.1, 0.15) is 24.4 Å². The molecule has 2 heterocycles. The molecule has 1 fully saturated rings. The lowest BCUT2D eigenvalue weighted by molar-refractivity contribution is -0.105. The van der Waals surface area contributed by atoms with Crippen molar-refractivity contribution in [3.63, 3.8) is 0 Å². The molecule has 1 atom stereocenters. The Kier molecular flexibility index (Phi) is 2.19. The highest BCUT2D eigenvalue weighted by atomic mass is 16.6. The van der Waals surface area contributed by atoms with E-state index in [0.717, 1.165) is 4.68 Å². The van der Waals surface area contributed by atoms with Gasteiger partial charge in [-0.3, -0.25) is 9.48 Å². The molecule has 1 aromatic heterocycles. The monoisotopic (exact) mass is 242 g/mol. The van der Waals surface area contributed by atoms with Crippen molar-refractivity contribution < 1.29 is 18.4 Å². The minimum atomic E-state index is -2.42. The van der Waals surface area contributed by atoms with Gasteiger partial charge in [0.05, 0.1) is 18.4 Å². The van der Waals surface area contributed by atoms with Crippen molar-refractivity contribution in [3.8, 4) is 5.88 Å². The molecule has 0 aliphatic carbocycles. The van der Waals surface area contributed by atoms with E-state index in [-0.39, 0.29) is 23.3 Å². The number of nitrogens with one attached hydrogen (secondary N) is 1. The van der Waals surface area contributed by atoms with E-state index >= 15 is 0 Å². The average Bonchev–Trinajstić information content (AvgIpc) is 2.84. The molecule has 0 radical (unpaired) electrons. The zero-order valence-electron chi connectivity index (χ0n) is 12.8. The third-order valence-corrected chi connectivity index (χ3v) is 2.55. The van der Waals surface area contributed by atoms with Crippen LogP contribution in [0, 0.1) is 0 Å². The largest absolute Gasteiger partial charge is 0.469 e. The lowest BCUT2D eigenvalue weighted by Gasteiger charge is -2.15. The van der Waals surface area contributed by atoms with Gasteiger partial charge in [0.25, 0.3) is 5.88 Å². The van der Waals surface area contributed by atoms with Crippen molar-refractivity contribution in [2.75, 3.05) is 11.9 Å². The molecule has 6 heteroatoms. The summed E-state index contributed by atoms with van der Waals surface area (Å²) in [6.45, 7) is 1.87. The maximum Gasteiger partial charge on any atom is 0.257 e. The topological polar surface area (TPSA) is 65.4 Å². The summed E-state index contributed by atoms with van der Waals surface area (Å²) in [6, 6.07) is 0. The summed E-state index contributed by atoms with van der Waals surface area (Å²) in [7, 11) is 0. The molecule has 1 saturated heterocycles. The predicted octanol–water partition coefficient (Wildman–Crippen LogP) is 0.935. The third-order valence-electron chi connectivity index (χ3n) is 2.55. The van der Waals surface area contributed by atoms with Crippen molar-refractivity contribution in [2.45, 2.75) is 32.0 Å². The van der Waals surface area contributed by atoms with Crippen LogP contribution < -0.4 is 10.1 Å². The van der Waals surface area contributed by atoms with Crippen LogP contribution in [-0.2, 0) is 16.5 Å². The number of nitrogens with zero attached hydrogens (tertiary/aromatic N) is 2. The molecule has 0 bridgehead atoms. The van der Waals surface area contributed by atoms with Gasteiger partial charge in [0, 0.05) is 17.5 Å². The Morgan fingerprint density at radius 3 is 3.24 bits per heavy atom. The number of amides is 1. The first-order valence-corrected chi connectivity index (χ1v) is 5.32. The number of aryl methyl sites for hydroxylation is 1. The van der Waals surface area contributed by atoms with Crippen LogP contribution in [0.25, 0.3) is 0 Å². The van der Waals surface area contributed by atoms with Crippen LogP contribution in [0.4, 0.5) is 5.69 Å². The third kappa shape index (κ3) is 2.76. The van der Waals surface area contributed by atoms with Gasteiger partial charge in [0.2, 0.25) is 6.41 Å². The minimum Gasteiger partial charge on any atom is -0.469 e. The smallest absolute Gasteiger partial charge is 0.257 e. The molecule has 1 aromatic rings. The number of carbonyl (C=O) groups excluding carboxylic acids is 1. The van der Waals surface area contributed by atoms with E-state index in [9.17, 15) is 4.79 Å². The number of carbonyl (C=O) groups is 1. The average molecular weight is 242 g/mol. The van der Waals surface area contributed by atoms with Crippen molar-refractivity contribution in [1.82, 2.24) is 9.78 Å². The second kappa shape index (κ2) is 4.37. The summed E-state index contributed by atoms with van der Waals surface area (Å²) >= 11 is 0. The summed E-state index contributed by atoms with van der Waals surface area (Å²) in [4.78, 5) is 10.6. The quantitative estimate of drug-likeness (QED) is 0.798. The van der Waals surface area contributed by atoms with Crippen molar-refractivity contribution in [1.29, 1.82) is 0 Å². The number of hydrogen-bond acceptors (Lipinski definition) is 4. The molecular formula is C11H17N3O3. The van der Waals surface area contributed by atoms with E-state index in [1.807, 2.05) is 13.8 Å². The summed E-state index contributed by atoms with van der Waals surface area (Å²) in [5.74, 6) is 0.0829. The van der Waals surface area contributed by atoms with E-state index < -0.39 is 6.98 Å². The number of aromatic nitrogens is 2. The lowest BCUT2D eigenvalue weighted by Crippen LogP contribution is -2.20. The molecule has 94 valence electrons. The molecular weight excluding hydrogens is 222 g/mol. The first-order valence-electron chi connectivity index (χ1n) is 6.82. The molecule has 0 saturated carbocycles. The Morgan fingerprint density at radius 2 is 2.65 bits per heavy atom. The second-order valence-electron chi connectivity index (χ2n) is 4.57. The van der Waals surface area contributed by atoms with Crippen LogP contribution in [0.15, 0.2) is 6.20 Å². The van der Waals surface area contributed by atoms with Gasteiger partial charge in [0.1, 0.15) is 11.8 Å². The Hall–Kier alpha value is -1.56. The van der Waals surface area contributed by atoms with Gasteiger partial charge in [-0.1, -0.05) is 0 Å². The SMILES string of the molecule is [2H]C([2H])([2H])n1cc(NC=O)c(OC2COC(C)(C)C2)n1. The molecule has 6 nitrogen and oxygen atoms in total. The van der Waals surface area contributed by atoms with Crippen LogP contribution in [0.3, 0.4) is 0 Å². The van der Waals surface area contributed by atoms with Gasteiger partial charge < -0.3 is 14.8 Å². The van der Waals surface area contributed by atoms with Crippen molar-refractivity contribution in [3.05, 3.63) is 6.20 Å². The van der Waals surface area contributed by atoms with E-state index in [0.29, 0.717) is 19.4 Å². The Morgan fingerprint density at radius 1 is 1.82 bits per heavy atom. The lowest BCUT2D eigenvalue weighted by atomic mass is 10.1. The second-order valence-corrected chi connectivity index (χ2v) is 4.57. The van der Waals surface area contributed by atoms with Gasteiger partial charge in [-0.2, -0.15) is 0 Å². The molecule has 1 aliphatic rings. The predicted molar refractivity (Wildman–Crippen MR) is 62.0 cm³/mol. The highest BCUT2D eigenvalue weighted by molar-refractivity contribution is 5.73. The minimum absolute atomic E-state index is 0.0829. The van der Waals surface area contributed by atoms with Gasteiger partial charge >= 0.3 is 0 Å². The number of hydrogen-bond donors (Lipinski definition) is 1. The van der Waals surface area contributed by atoms with Crippen molar-refractivity contribution >= 4 is 12.1 Å². The standard InChI is InChI=1S/C11H17N3O3/c1-11(2)4-8(6-16-11)17-10-9(12-7-15)5-14(3)13-10/h5,7-8H,4,6H2,1-3H3,(H,12,15)/i3D3. The van der Waals surface area contributed by atoms with Gasteiger partial charge in [0.15, 0.2) is 0 Å². The maximum atomic E-state index is 10.6. The maximum absolute atomic E-state index is 10.6. The number of anilines is 1. The van der Waals surface area contributed by atoms with E-state index in [2.05, 4.69) is 10.4 Å². The fourth-order valence-electron chi connectivity index (χ4n) is 1.83. The molecule has 1 aliphatic heterocycles. The summed E-state index contributed by atoms with van der Waals surface area (Å²) in [6.07, 6.45) is 2.10. The molecule has 1 amide bonds. The van der Waals surface area contributed by atoms with E-state index in [1.54, 1.807) is 0 Å². The number of rotatable bonds is 4. The van der Waals surface area contributed by atoms with Gasteiger partial charge in [-0.25, -0.2) is 0 Å². The van der Waals surface area contributed by atoms with Crippen LogP contribution in [0.2, 0.25) is 0 Å². The number of ether oxygens (including phenoxy) is 2. The van der Waals surface area contributed by atoms with Gasteiger partial charge in [-0.05, 0) is 13.8 Å². The Balaban J connectivity index is 2.18. The molecule has 2 rings (SSSR count). The zero-order valence-corrected chi connectivity index (χ0v) is 9.77. The fraction of sp³-hybridized carbons (Fsp3) is 0.636. The zero-order chi connectivity index (χ0) is 15.0. The van der Waals surface area contributed by atoms with Gasteiger partial charge in [-0.15, -0.1) is 5.10 Å². The first-order chi connectivity index (χ1) is 9.21. The normalized spacial score (nSPS) is 25.8. The highest BCUT2D eigenvalue weighted by Crippen LogP contribution is 2.30.